The van der Waals surface area contributed by atoms with Gasteiger partial charge in [0, 0.05) is 17.7 Å². The highest BCUT2D eigenvalue weighted by Gasteiger charge is 2.43. The van der Waals surface area contributed by atoms with Crippen LogP contribution in [0.5, 0.6) is 11.5 Å². The summed E-state index contributed by atoms with van der Waals surface area (Å²) in [7, 11) is 0. The lowest BCUT2D eigenvalue weighted by molar-refractivity contribution is 0.0803. The Morgan fingerprint density at radius 2 is 1.88 bits per heavy atom. The van der Waals surface area contributed by atoms with Gasteiger partial charge >= 0.3 is 0 Å². The second-order valence-electron chi connectivity index (χ2n) is 9.39. The number of aromatic amines is 1. The van der Waals surface area contributed by atoms with Crippen LogP contribution in [0, 0.1) is 29.6 Å². The van der Waals surface area contributed by atoms with E-state index >= 15 is 0 Å². The zero-order valence-corrected chi connectivity index (χ0v) is 18.8. The summed E-state index contributed by atoms with van der Waals surface area (Å²) in [6.45, 7) is 6.32. The summed E-state index contributed by atoms with van der Waals surface area (Å²) < 4.78 is 0. The van der Waals surface area contributed by atoms with E-state index in [-0.39, 0.29) is 28.8 Å². The maximum atomic E-state index is 13.8. The maximum Gasteiger partial charge on any atom is 0.262 e. The van der Waals surface area contributed by atoms with Gasteiger partial charge in [-0.25, -0.2) is 0 Å². The van der Waals surface area contributed by atoms with Crippen LogP contribution in [0.1, 0.15) is 50.4 Å². The molecule has 5 atom stereocenters. The standard InChI is InChI=1S/C27H31NO4/c1-4-5-20-21-12-15(2)6-11-19(21)16(3)13-22(20)25(30)24-26(31)23(14-28-27(24)32)17-7-9-18(29)10-8-17/h4-5,7-10,13-15,19-22,29H,6,11-12H2,1-3H3,(H2,28,31,32)/b5-4+/t15-,19+,20+,21-,22+/m0/s1. The average molecular weight is 434 g/mol. The molecule has 32 heavy (non-hydrogen) atoms. The molecule has 4 rings (SSSR count). The molecule has 0 radical (unpaired) electrons. The molecule has 2 aliphatic rings. The Kier molecular flexibility index (Phi) is 6.09. The molecule has 1 fully saturated rings. The number of benzene rings is 1. The van der Waals surface area contributed by atoms with Gasteiger partial charge in [-0.2, -0.15) is 0 Å². The lowest BCUT2D eigenvalue weighted by Crippen LogP contribution is -2.40. The van der Waals surface area contributed by atoms with Crippen LogP contribution in [0.4, 0.5) is 0 Å². The summed E-state index contributed by atoms with van der Waals surface area (Å²) in [6, 6.07) is 6.28. The van der Waals surface area contributed by atoms with Gasteiger partial charge in [-0.15, -0.1) is 0 Å². The molecule has 0 bridgehead atoms. The van der Waals surface area contributed by atoms with Crippen molar-refractivity contribution < 1.29 is 15.0 Å². The zero-order valence-electron chi connectivity index (χ0n) is 18.8. The third-order valence-corrected chi connectivity index (χ3v) is 7.31. The summed E-state index contributed by atoms with van der Waals surface area (Å²) in [5.74, 6) is 0.391. The number of phenolic OH excluding ortho intramolecular Hbond substituents is 1. The number of carbonyl (C=O) groups is 1. The first kappa shape index (κ1) is 22.1. The summed E-state index contributed by atoms with van der Waals surface area (Å²) in [5, 5.41) is 20.6. The van der Waals surface area contributed by atoms with E-state index in [4.69, 9.17) is 0 Å². The lowest BCUT2D eigenvalue weighted by atomic mass is 9.59. The summed E-state index contributed by atoms with van der Waals surface area (Å²) in [6.07, 6.45) is 10.9. The lowest BCUT2D eigenvalue weighted by Gasteiger charge is -2.45. The van der Waals surface area contributed by atoms with Crippen LogP contribution in [-0.4, -0.2) is 21.0 Å². The molecular weight excluding hydrogens is 402 g/mol. The molecule has 5 nitrogen and oxygen atoms in total. The first-order valence-electron chi connectivity index (χ1n) is 11.4. The van der Waals surface area contributed by atoms with Gasteiger partial charge in [-0.3, -0.25) is 9.59 Å². The van der Waals surface area contributed by atoms with Crippen molar-refractivity contribution in [2.75, 3.05) is 0 Å². The van der Waals surface area contributed by atoms with Crippen LogP contribution in [0.25, 0.3) is 11.1 Å². The Morgan fingerprint density at radius 3 is 2.56 bits per heavy atom. The van der Waals surface area contributed by atoms with Gasteiger partial charge < -0.3 is 15.2 Å². The Bertz CT molecular complexity index is 1130. The van der Waals surface area contributed by atoms with Crippen molar-refractivity contribution in [2.24, 2.45) is 29.6 Å². The number of hydrogen-bond donors (Lipinski definition) is 3. The van der Waals surface area contributed by atoms with Gasteiger partial charge in [0.05, 0.1) is 0 Å². The van der Waals surface area contributed by atoms with Crippen molar-refractivity contribution in [1.29, 1.82) is 0 Å². The fraction of sp³-hybridized carbons (Fsp3) is 0.407. The fourth-order valence-corrected chi connectivity index (χ4v) is 5.71. The van der Waals surface area contributed by atoms with Crippen LogP contribution in [0.3, 0.4) is 0 Å². The number of phenols is 1. The Morgan fingerprint density at radius 1 is 1.16 bits per heavy atom. The number of rotatable bonds is 4. The van der Waals surface area contributed by atoms with Gasteiger partial charge in [-0.1, -0.05) is 49.3 Å². The number of nitrogens with one attached hydrogen (secondary N) is 1. The number of aromatic hydroxyl groups is 2. The van der Waals surface area contributed by atoms with Crippen molar-refractivity contribution in [1.82, 2.24) is 4.98 Å². The molecule has 2 aromatic rings. The van der Waals surface area contributed by atoms with Crippen molar-refractivity contribution in [3.05, 3.63) is 70.2 Å². The number of carbonyl (C=O) groups excluding carboxylic acids is 1. The van der Waals surface area contributed by atoms with E-state index in [1.807, 2.05) is 19.1 Å². The van der Waals surface area contributed by atoms with Crippen molar-refractivity contribution in [3.8, 4) is 22.6 Å². The first-order valence-corrected chi connectivity index (χ1v) is 11.4. The topological polar surface area (TPSA) is 90.4 Å². The van der Waals surface area contributed by atoms with E-state index in [2.05, 4.69) is 24.9 Å². The minimum atomic E-state index is -0.584. The van der Waals surface area contributed by atoms with Crippen LogP contribution in [0.15, 0.2) is 59.1 Å². The van der Waals surface area contributed by atoms with E-state index in [1.165, 1.54) is 30.3 Å². The average Bonchev–Trinajstić information content (AvgIpc) is 2.76. The normalized spacial score (nSPS) is 27.7. The minimum Gasteiger partial charge on any atom is -0.508 e. The van der Waals surface area contributed by atoms with Crippen LogP contribution >= 0.6 is 0 Å². The third kappa shape index (κ3) is 3.92. The largest absolute Gasteiger partial charge is 0.508 e. The van der Waals surface area contributed by atoms with Crippen molar-refractivity contribution in [2.45, 2.75) is 40.0 Å². The van der Waals surface area contributed by atoms with Crippen LogP contribution < -0.4 is 5.56 Å². The number of allylic oxidation sites excluding steroid dienone is 4. The molecule has 0 saturated heterocycles. The Labute approximate surface area is 188 Å². The number of fused-ring (bicyclic) bond motifs is 1. The smallest absolute Gasteiger partial charge is 0.262 e. The van der Waals surface area contributed by atoms with E-state index in [0.29, 0.717) is 28.9 Å². The van der Waals surface area contributed by atoms with E-state index in [0.717, 1.165) is 12.8 Å². The number of Topliss-reactive ketones (excluding diaryl/α,β-unsaturated/α-hetero) is 1. The molecule has 1 aromatic heterocycles. The number of pyridine rings is 1. The summed E-state index contributed by atoms with van der Waals surface area (Å²) in [4.78, 5) is 29.1. The third-order valence-electron chi connectivity index (χ3n) is 7.31. The SMILES string of the molecule is C/C=C/[C@@H]1[C@H]2C[C@@H](C)CC[C@@H]2C(C)=C[C@H]1C(=O)c1c(O)c(-c2ccc(O)cc2)c[nH]c1=O. The van der Waals surface area contributed by atoms with E-state index < -0.39 is 11.5 Å². The Balaban J connectivity index is 1.79. The predicted octanol–water partition coefficient (Wildman–Crippen LogP) is 5.46. The van der Waals surface area contributed by atoms with E-state index in [9.17, 15) is 19.8 Å². The molecule has 1 aromatic carbocycles. The molecule has 1 heterocycles. The quantitative estimate of drug-likeness (QED) is 0.441. The minimum absolute atomic E-state index is 0.0000727. The fourth-order valence-electron chi connectivity index (χ4n) is 5.71. The van der Waals surface area contributed by atoms with Crippen LogP contribution in [0.2, 0.25) is 0 Å². The highest BCUT2D eigenvalue weighted by molar-refractivity contribution is 6.03. The number of hydrogen-bond acceptors (Lipinski definition) is 4. The highest BCUT2D eigenvalue weighted by atomic mass is 16.3. The van der Waals surface area contributed by atoms with Gasteiger partial charge in [0.15, 0.2) is 5.78 Å². The van der Waals surface area contributed by atoms with Gasteiger partial charge in [0.2, 0.25) is 0 Å². The summed E-state index contributed by atoms with van der Waals surface area (Å²) >= 11 is 0. The van der Waals surface area contributed by atoms with Gasteiger partial charge in [-0.05, 0) is 68.1 Å². The predicted molar refractivity (Wildman–Crippen MR) is 126 cm³/mol. The van der Waals surface area contributed by atoms with Gasteiger partial charge in [0.25, 0.3) is 5.56 Å². The second-order valence-corrected chi connectivity index (χ2v) is 9.39. The molecule has 1 saturated carbocycles. The molecule has 5 heteroatoms. The molecule has 2 aliphatic carbocycles. The number of aromatic nitrogens is 1. The maximum absolute atomic E-state index is 13.8. The molecular formula is C27H31NO4. The van der Waals surface area contributed by atoms with Crippen LogP contribution in [-0.2, 0) is 0 Å². The van der Waals surface area contributed by atoms with E-state index in [1.54, 1.807) is 12.1 Å². The molecule has 0 amide bonds. The summed E-state index contributed by atoms with van der Waals surface area (Å²) in [5.41, 5.74) is 1.40. The number of H-pyrrole nitrogens is 1. The highest BCUT2D eigenvalue weighted by Crippen LogP contribution is 2.49. The molecule has 0 unspecified atom stereocenters. The molecule has 168 valence electrons. The second kappa shape index (κ2) is 8.81. The molecule has 0 aliphatic heterocycles. The monoisotopic (exact) mass is 433 g/mol. The zero-order chi connectivity index (χ0) is 23.0. The number of ketones is 1. The van der Waals surface area contributed by atoms with Crippen molar-refractivity contribution >= 4 is 5.78 Å². The molecule has 0 spiro atoms. The first-order chi connectivity index (χ1) is 15.3. The van der Waals surface area contributed by atoms with Gasteiger partial charge in [0.1, 0.15) is 17.1 Å². The van der Waals surface area contributed by atoms with Crippen molar-refractivity contribution in [3.63, 3.8) is 0 Å². The molecule has 3 N–H and O–H groups in total. The Hall–Kier alpha value is -3.08.